The van der Waals surface area contributed by atoms with E-state index in [-0.39, 0.29) is 23.0 Å². The minimum atomic E-state index is -4.52. The lowest BCUT2D eigenvalue weighted by Crippen LogP contribution is -2.53. The molecule has 1 heterocycles. The molecule has 8 heteroatoms. The molecule has 0 radical (unpaired) electrons. The first-order valence-electron chi connectivity index (χ1n) is 9.52. The summed E-state index contributed by atoms with van der Waals surface area (Å²) in [6.07, 6.45) is -4.52. The SMILES string of the molecule is CC(C)(C)c1ccc(CN=C2SCN(c3ccccc3)C(=O)N2CC(F)(F)F)cc1. The number of amidine groups is 1. The Labute approximate surface area is 178 Å². The molecule has 0 aliphatic carbocycles. The monoisotopic (exact) mass is 435 g/mol. The maximum Gasteiger partial charge on any atom is 0.406 e. The number of aliphatic imine (C=N–C) groups is 1. The van der Waals surface area contributed by atoms with Crippen LogP contribution in [0.3, 0.4) is 0 Å². The number of para-hydroxylation sites is 1. The van der Waals surface area contributed by atoms with Crippen molar-refractivity contribution in [2.75, 3.05) is 17.3 Å². The molecule has 0 N–H and O–H groups in total. The van der Waals surface area contributed by atoms with Gasteiger partial charge in [-0.1, -0.05) is 75.0 Å². The van der Waals surface area contributed by atoms with Crippen LogP contribution in [0.5, 0.6) is 0 Å². The summed E-state index contributed by atoms with van der Waals surface area (Å²) >= 11 is 1.13. The number of carbonyl (C=O) groups excluding carboxylic acids is 1. The van der Waals surface area contributed by atoms with Crippen LogP contribution in [-0.2, 0) is 12.0 Å². The van der Waals surface area contributed by atoms with Gasteiger partial charge >= 0.3 is 12.2 Å². The molecule has 0 bridgehead atoms. The summed E-state index contributed by atoms with van der Waals surface area (Å²) < 4.78 is 39.5. The van der Waals surface area contributed by atoms with Crippen molar-refractivity contribution in [2.45, 2.75) is 38.9 Å². The molecule has 0 atom stereocenters. The van der Waals surface area contributed by atoms with Crippen LogP contribution in [0.2, 0.25) is 0 Å². The molecule has 30 heavy (non-hydrogen) atoms. The van der Waals surface area contributed by atoms with Crippen LogP contribution in [0.1, 0.15) is 31.9 Å². The zero-order valence-electron chi connectivity index (χ0n) is 17.1. The highest BCUT2D eigenvalue weighted by molar-refractivity contribution is 8.14. The molecule has 160 valence electrons. The molecule has 4 nitrogen and oxygen atoms in total. The fourth-order valence-corrected chi connectivity index (χ4v) is 3.95. The largest absolute Gasteiger partial charge is 0.406 e. The van der Waals surface area contributed by atoms with Gasteiger partial charge in [0.25, 0.3) is 0 Å². The zero-order chi connectivity index (χ0) is 21.9. The third-order valence-electron chi connectivity index (χ3n) is 4.64. The number of carbonyl (C=O) groups is 1. The number of nitrogens with zero attached hydrogens (tertiary/aromatic N) is 3. The van der Waals surface area contributed by atoms with E-state index in [0.29, 0.717) is 10.6 Å². The van der Waals surface area contributed by atoms with Gasteiger partial charge in [-0.15, -0.1) is 0 Å². The van der Waals surface area contributed by atoms with Crippen molar-refractivity contribution in [3.05, 3.63) is 65.7 Å². The molecule has 2 amide bonds. The fraction of sp³-hybridized carbons (Fsp3) is 0.364. The number of anilines is 1. The first kappa shape index (κ1) is 22.2. The van der Waals surface area contributed by atoms with Gasteiger partial charge in [0.1, 0.15) is 6.54 Å². The van der Waals surface area contributed by atoms with Crippen molar-refractivity contribution in [2.24, 2.45) is 4.99 Å². The Kier molecular flexibility index (Phi) is 6.45. The van der Waals surface area contributed by atoms with E-state index in [1.54, 1.807) is 30.3 Å². The molecule has 2 aromatic rings. The minimum Gasteiger partial charge on any atom is -0.284 e. The zero-order valence-corrected chi connectivity index (χ0v) is 17.9. The van der Waals surface area contributed by atoms with Gasteiger partial charge in [0.05, 0.1) is 12.4 Å². The molecule has 1 aliphatic heterocycles. The number of amides is 2. The van der Waals surface area contributed by atoms with Gasteiger partial charge in [0.2, 0.25) is 0 Å². The summed E-state index contributed by atoms with van der Waals surface area (Å²) in [6.45, 7) is 5.17. The highest BCUT2D eigenvalue weighted by Crippen LogP contribution is 2.29. The second-order valence-electron chi connectivity index (χ2n) is 8.07. The van der Waals surface area contributed by atoms with Crippen molar-refractivity contribution in [1.29, 1.82) is 0 Å². The fourth-order valence-electron chi connectivity index (χ4n) is 2.99. The van der Waals surface area contributed by atoms with E-state index in [1.165, 1.54) is 10.5 Å². The molecule has 1 aliphatic rings. The van der Waals surface area contributed by atoms with E-state index in [0.717, 1.165) is 17.3 Å². The van der Waals surface area contributed by atoms with E-state index in [1.807, 2.05) is 24.3 Å². The number of rotatable bonds is 4. The Bertz CT molecular complexity index is 906. The summed E-state index contributed by atoms with van der Waals surface area (Å²) in [6, 6.07) is 15.8. The molecule has 0 aromatic heterocycles. The summed E-state index contributed by atoms with van der Waals surface area (Å²) in [5.41, 5.74) is 2.61. The quantitative estimate of drug-likeness (QED) is 0.587. The molecule has 0 saturated carbocycles. The normalized spacial score (nSPS) is 17.0. The number of halogens is 3. The van der Waals surface area contributed by atoms with Crippen molar-refractivity contribution >= 4 is 28.6 Å². The Morgan fingerprint density at radius 3 is 2.20 bits per heavy atom. The molecule has 0 unspecified atom stereocenters. The van der Waals surface area contributed by atoms with Crippen LogP contribution in [0, 0.1) is 0 Å². The van der Waals surface area contributed by atoms with Gasteiger partial charge in [-0.2, -0.15) is 13.2 Å². The highest BCUT2D eigenvalue weighted by Gasteiger charge is 2.40. The molecular formula is C22H24F3N3OS. The van der Waals surface area contributed by atoms with E-state index in [2.05, 4.69) is 25.8 Å². The van der Waals surface area contributed by atoms with Crippen molar-refractivity contribution < 1.29 is 18.0 Å². The first-order chi connectivity index (χ1) is 14.0. The molecule has 3 rings (SSSR count). The van der Waals surface area contributed by atoms with Crippen LogP contribution < -0.4 is 4.90 Å². The second-order valence-corrected chi connectivity index (χ2v) is 8.98. The van der Waals surface area contributed by atoms with E-state index in [4.69, 9.17) is 0 Å². The topological polar surface area (TPSA) is 35.9 Å². The van der Waals surface area contributed by atoms with Gasteiger partial charge in [-0.3, -0.25) is 14.8 Å². The van der Waals surface area contributed by atoms with Crippen molar-refractivity contribution in [3.63, 3.8) is 0 Å². The Hall–Kier alpha value is -2.48. The average Bonchev–Trinajstić information content (AvgIpc) is 2.68. The lowest BCUT2D eigenvalue weighted by molar-refractivity contribution is -0.133. The van der Waals surface area contributed by atoms with Gasteiger partial charge in [-0.05, 0) is 28.7 Å². The van der Waals surface area contributed by atoms with Crippen LogP contribution >= 0.6 is 11.8 Å². The van der Waals surface area contributed by atoms with Crippen LogP contribution in [0.4, 0.5) is 23.7 Å². The summed E-state index contributed by atoms with van der Waals surface area (Å²) in [5.74, 6) is 0.207. The molecule has 2 aromatic carbocycles. The van der Waals surface area contributed by atoms with Gasteiger partial charge in [-0.25, -0.2) is 4.79 Å². The smallest absolute Gasteiger partial charge is 0.284 e. The molecule has 1 saturated heterocycles. The lowest BCUT2D eigenvalue weighted by atomic mass is 9.87. The Morgan fingerprint density at radius 2 is 1.63 bits per heavy atom. The van der Waals surface area contributed by atoms with Crippen molar-refractivity contribution in [1.82, 2.24) is 4.90 Å². The first-order valence-corrected chi connectivity index (χ1v) is 10.5. The van der Waals surface area contributed by atoms with Crippen LogP contribution in [0.25, 0.3) is 0 Å². The number of hydrogen-bond donors (Lipinski definition) is 0. The number of urea groups is 1. The Morgan fingerprint density at radius 1 is 1.00 bits per heavy atom. The van der Waals surface area contributed by atoms with Crippen LogP contribution in [-0.4, -0.2) is 34.7 Å². The van der Waals surface area contributed by atoms with Gasteiger partial charge in [0, 0.05) is 5.69 Å². The van der Waals surface area contributed by atoms with E-state index < -0.39 is 18.8 Å². The average molecular weight is 436 g/mol. The standard InChI is InChI=1S/C22H24F3N3OS/c1-21(2,3)17-11-9-16(10-12-17)13-26-19-27(14-22(23,24)25)20(29)28(15-30-19)18-7-5-4-6-8-18/h4-12H,13-15H2,1-3H3. The highest BCUT2D eigenvalue weighted by atomic mass is 32.2. The molecule has 1 fully saturated rings. The van der Waals surface area contributed by atoms with E-state index in [9.17, 15) is 18.0 Å². The Balaban J connectivity index is 1.81. The predicted octanol–water partition coefficient (Wildman–Crippen LogP) is 6.04. The summed E-state index contributed by atoms with van der Waals surface area (Å²) in [4.78, 5) is 19.2. The van der Waals surface area contributed by atoms with Crippen LogP contribution in [0.15, 0.2) is 59.6 Å². The second kappa shape index (κ2) is 8.71. The number of benzene rings is 2. The number of thioether (sulfide) groups is 1. The van der Waals surface area contributed by atoms with Gasteiger partial charge < -0.3 is 0 Å². The third kappa shape index (κ3) is 5.56. The lowest BCUT2D eigenvalue weighted by Gasteiger charge is -2.36. The van der Waals surface area contributed by atoms with Crippen molar-refractivity contribution in [3.8, 4) is 0 Å². The molecule has 0 spiro atoms. The van der Waals surface area contributed by atoms with Gasteiger partial charge in [0.15, 0.2) is 5.17 Å². The van der Waals surface area contributed by atoms with E-state index >= 15 is 0 Å². The summed E-state index contributed by atoms with van der Waals surface area (Å²) in [5, 5.41) is 0.0874. The number of alkyl halides is 3. The third-order valence-corrected chi connectivity index (χ3v) is 5.63. The predicted molar refractivity (Wildman–Crippen MR) is 116 cm³/mol. The molecular weight excluding hydrogens is 411 g/mol. The summed E-state index contributed by atoms with van der Waals surface area (Å²) in [7, 11) is 0. The maximum atomic E-state index is 13.2. The number of hydrogen-bond acceptors (Lipinski definition) is 3. The minimum absolute atomic E-state index is 0.0144. The maximum absolute atomic E-state index is 13.2.